The molecule has 1 rings (SSSR count). The van der Waals surface area contributed by atoms with E-state index in [1.54, 1.807) is 6.92 Å². The average molecular weight is 199 g/mol. The number of aromatic nitrogens is 4. The number of tetrazole rings is 1. The molecule has 3 N–H and O–H groups in total. The largest absolute Gasteiger partial charge is 0.381 e. The number of hydrogen-bond donors (Lipinski definition) is 3. The Morgan fingerprint density at radius 1 is 1.64 bits per heavy atom. The molecule has 1 aromatic rings. The highest BCUT2D eigenvalue weighted by atomic mass is 16.3. The summed E-state index contributed by atoms with van der Waals surface area (Å²) in [7, 11) is 0. The smallest absolute Gasteiger partial charge is 0.251 e. The van der Waals surface area contributed by atoms with Crippen LogP contribution in [0, 0.1) is 0 Å². The first kappa shape index (κ1) is 10.6. The second-order valence-electron chi connectivity index (χ2n) is 3.52. The molecule has 1 atom stereocenters. The molecular formula is C7H13N5O2. The van der Waals surface area contributed by atoms with Crippen LogP contribution in [0.5, 0.6) is 0 Å². The van der Waals surface area contributed by atoms with Crippen LogP contribution in [0.25, 0.3) is 0 Å². The van der Waals surface area contributed by atoms with Crippen LogP contribution in [0.15, 0.2) is 0 Å². The highest BCUT2D eigenvalue weighted by molar-refractivity contribution is 5.84. The highest BCUT2D eigenvalue weighted by Crippen LogP contribution is 2.07. The quantitative estimate of drug-likeness (QED) is 0.588. The Kier molecular flexibility index (Phi) is 2.80. The van der Waals surface area contributed by atoms with Gasteiger partial charge in [-0.2, -0.15) is 5.21 Å². The maximum atomic E-state index is 11.3. The van der Waals surface area contributed by atoms with Crippen LogP contribution in [0.1, 0.15) is 32.6 Å². The Morgan fingerprint density at radius 2 is 2.29 bits per heavy atom. The Bertz CT molecular complexity index is 302. The first-order chi connectivity index (χ1) is 6.41. The number of nitrogens with zero attached hydrogens (tertiary/aromatic N) is 3. The first-order valence-corrected chi connectivity index (χ1v) is 4.18. The van der Waals surface area contributed by atoms with E-state index in [2.05, 4.69) is 25.9 Å². The van der Waals surface area contributed by atoms with E-state index in [1.165, 1.54) is 13.8 Å². The van der Waals surface area contributed by atoms with Gasteiger partial charge in [-0.3, -0.25) is 4.79 Å². The topological polar surface area (TPSA) is 104 Å². The van der Waals surface area contributed by atoms with Crippen molar-refractivity contribution in [2.24, 2.45) is 0 Å². The fraction of sp³-hybridized carbons (Fsp3) is 0.714. The summed E-state index contributed by atoms with van der Waals surface area (Å²) in [6, 6.07) is -0.382. The normalized spacial score (nSPS) is 13.7. The number of carbonyl (C=O) groups excluding carboxylic acids is 1. The van der Waals surface area contributed by atoms with Crippen molar-refractivity contribution < 1.29 is 9.90 Å². The van der Waals surface area contributed by atoms with E-state index in [9.17, 15) is 9.90 Å². The second kappa shape index (κ2) is 3.70. The number of rotatable bonds is 3. The third-order valence-electron chi connectivity index (χ3n) is 1.65. The number of aromatic amines is 1. The molecule has 0 aliphatic heterocycles. The lowest BCUT2D eigenvalue weighted by Gasteiger charge is -2.18. The summed E-state index contributed by atoms with van der Waals surface area (Å²) >= 11 is 0. The van der Waals surface area contributed by atoms with Crippen molar-refractivity contribution in [3.63, 3.8) is 0 Å². The number of H-pyrrole nitrogens is 1. The monoisotopic (exact) mass is 199 g/mol. The van der Waals surface area contributed by atoms with Crippen molar-refractivity contribution in [2.45, 2.75) is 32.4 Å². The average Bonchev–Trinajstić information content (AvgIpc) is 2.53. The van der Waals surface area contributed by atoms with Crippen molar-refractivity contribution in [3.8, 4) is 0 Å². The molecule has 7 nitrogen and oxygen atoms in total. The molecule has 0 fully saturated rings. The summed E-state index contributed by atoms with van der Waals surface area (Å²) in [5.74, 6) is -0.0996. The minimum Gasteiger partial charge on any atom is -0.381 e. The lowest BCUT2D eigenvalue weighted by molar-refractivity contribution is -0.137. The molecule has 1 heterocycles. The zero-order valence-corrected chi connectivity index (χ0v) is 8.27. The van der Waals surface area contributed by atoms with E-state index in [-0.39, 0.29) is 6.04 Å². The molecule has 0 saturated carbocycles. The standard InChI is InChI=1S/C7H13N5O2/c1-4(5-9-11-12-10-5)8-6(13)7(2,3)14/h4,14H,1-3H3,(H,8,13)(H,9,10,11,12). The third kappa shape index (κ3) is 2.49. The van der Waals surface area contributed by atoms with Gasteiger partial charge in [-0.1, -0.05) is 5.21 Å². The minimum absolute atomic E-state index is 0.377. The Hall–Kier alpha value is -1.50. The van der Waals surface area contributed by atoms with Crippen molar-refractivity contribution in [2.75, 3.05) is 0 Å². The van der Waals surface area contributed by atoms with Crippen LogP contribution in [0.2, 0.25) is 0 Å². The van der Waals surface area contributed by atoms with Crippen LogP contribution in [-0.2, 0) is 4.79 Å². The molecular weight excluding hydrogens is 186 g/mol. The fourth-order valence-electron chi connectivity index (χ4n) is 0.791. The highest BCUT2D eigenvalue weighted by Gasteiger charge is 2.26. The van der Waals surface area contributed by atoms with E-state index in [1.807, 2.05) is 0 Å². The third-order valence-corrected chi connectivity index (χ3v) is 1.65. The summed E-state index contributed by atoms with van der Waals surface area (Å²) < 4.78 is 0. The maximum absolute atomic E-state index is 11.3. The van der Waals surface area contributed by atoms with Gasteiger partial charge in [-0.15, -0.1) is 10.2 Å². The summed E-state index contributed by atoms with van der Waals surface area (Å²) in [4.78, 5) is 11.3. The van der Waals surface area contributed by atoms with Gasteiger partial charge in [-0.05, 0) is 20.8 Å². The van der Waals surface area contributed by atoms with Crippen molar-refractivity contribution in [1.29, 1.82) is 0 Å². The molecule has 0 aliphatic rings. The second-order valence-corrected chi connectivity index (χ2v) is 3.52. The van der Waals surface area contributed by atoms with Gasteiger partial charge in [-0.25, -0.2) is 0 Å². The molecule has 7 heteroatoms. The van der Waals surface area contributed by atoms with E-state index in [4.69, 9.17) is 0 Å². The Labute approximate surface area is 80.9 Å². The van der Waals surface area contributed by atoms with Gasteiger partial charge in [0, 0.05) is 0 Å². The molecule has 1 unspecified atom stereocenters. The van der Waals surface area contributed by atoms with Crippen LogP contribution >= 0.6 is 0 Å². The fourth-order valence-corrected chi connectivity index (χ4v) is 0.791. The Morgan fingerprint density at radius 3 is 2.71 bits per heavy atom. The van der Waals surface area contributed by atoms with E-state index in [0.29, 0.717) is 5.82 Å². The van der Waals surface area contributed by atoms with Gasteiger partial charge in [0.1, 0.15) is 5.60 Å². The predicted octanol–water partition coefficient (Wildman–Crippen LogP) is -0.852. The number of aliphatic hydroxyl groups is 1. The van der Waals surface area contributed by atoms with E-state index < -0.39 is 11.5 Å². The summed E-state index contributed by atoms with van der Waals surface area (Å²) in [5.41, 5.74) is -1.40. The molecule has 0 aliphatic carbocycles. The van der Waals surface area contributed by atoms with E-state index >= 15 is 0 Å². The molecule has 1 amide bonds. The van der Waals surface area contributed by atoms with Gasteiger partial charge in [0.2, 0.25) is 0 Å². The zero-order chi connectivity index (χ0) is 10.8. The van der Waals surface area contributed by atoms with Gasteiger partial charge < -0.3 is 10.4 Å². The summed E-state index contributed by atoms with van der Waals surface area (Å²) in [5, 5.41) is 25.0. The molecule has 0 bridgehead atoms. The minimum atomic E-state index is -1.40. The van der Waals surface area contributed by atoms with E-state index in [0.717, 1.165) is 0 Å². The number of carbonyl (C=O) groups is 1. The molecule has 1 aromatic heterocycles. The lowest BCUT2D eigenvalue weighted by atomic mass is 10.1. The first-order valence-electron chi connectivity index (χ1n) is 4.18. The van der Waals surface area contributed by atoms with Gasteiger partial charge in [0.25, 0.3) is 5.91 Å². The molecule has 0 aromatic carbocycles. The van der Waals surface area contributed by atoms with Crippen LogP contribution in [-0.4, -0.2) is 37.2 Å². The van der Waals surface area contributed by atoms with Crippen molar-refractivity contribution >= 4 is 5.91 Å². The van der Waals surface area contributed by atoms with Crippen LogP contribution in [0.4, 0.5) is 0 Å². The summed E-state index contributed by atoms with van der Waals surface area (Å²) in [6.45, 7) is 4.52. The lowest BCUT2D eigenvalue weighted by Crippen LogP contribution is -2.43. The maximum Gasteiger partial charge on any atom is 0.251 e. The Balaban J connectivity index is 2.58. The van der Waals surface area contributed by atoms with Gasteiger partial charge in [0.05, 0.1) is 6.04 Å². The number of amides is 1. The van der Waals surface area contributed by atoms with Crippen molar-refractivity contribution in [1.82, 2.24) is 25.9 Å². The predicted molar refractivity (Wildman–Crippen MR) is 47.0 cm³/mol. The zero-order valence-electron chi connectivity index (χ0n) is 8.27. The molecule has 0 spiro atoms. The van der Waals surface area contributed by atoms with Gasteiger partial charge >= 0.3 is 0 Å². The molecule has 0 radical (unpaired) electrons. The van der Waals surface area contributed by atoms with Crippen molar-refractivity contribution in [3.05, 3.63) is 5.82 Å². The van der Waals surface area contributed by atoms with Crippen LogP contribution in [0.3, 0.4) is 0 Å². The summed E-state index contributed by atoms with van der Waals surface area (Å²) in [6.07, 6.45) is 0. The SMILES string of the molecule is CC(NC(=O)C(C)(C)O)c1nn[nH]n1. The molecule has 0 saturated heterocycles. The van der Waals surface area contributed by atoms with Crippen LogP contribution < -0.4 is 5.32 Å². The van der Waals surface area contributed by atoms with Gasteiger partial charge in [0.15, 0.2) is 5.82 Å². The number of hydrogen-bond acceptors (Lipinski definition) is 5. The molecule has 14 heavy (non-hydrogen) atoms. The number of nitrogens with one attached hydrogen (secondary N) is 2. The molecule has 78 valence electrons.